The molecule has 1 aromatic rings. The van der Waals surface area contributed by atoms with E-state index in [1.165, 1.54) is 0 Å². The van der Waals surface area contributed by atoms with Crippen LogP contribution in [-0.2, 0) is 19.6 Å². The molecule has 8 nitrogen and oxygen atoms in total. The first kappa shape index (κ1) is 18.4. The van der Waals surface area contributed by atoms with Gasteiger partial charge in [-0.25, -0.2) is 8.42 Å². The summed E-state index contributed by atoms with van der Waals surface area (Å²) in [6.07, 6.45) is 1.56. The van der Waals surface area contributed by atoms with Gasteiger partial charge in [-0.2, -0.15) is 0 Å². The SMILES string of the molecule is O=C1/C(=C\c2ccc(N3CCOCC3)o2)SC(=S)N1CCS(=O)(=O)[O-]. The molecule has 0 atom stereocenters. The summed E-state index contributed by atoms with van der Waals surface area (Å²) in [6.45, 7) is 2.50. The Kier molecular flexibility index (Phi) is 5.49. The van der Waals surface area contributed by atoms with Gasteiger partial charge in [0.15, 0.2) is 5.88 Å². The van der Waals surface area contributed by atoms with Gasteiger partial charge >= 0.3 is 0 Å². The maximum absolute atomic E-state index is 12.3. The highest BCUT2D eigenvalue weighted by Crippen LogP contribution is 2.33. The van der Waals surface area contributed by atoms with Crippen LogP contribution in [0.4, 0.5) is 5.88 Å². The average Bonchev–Trinajstić information content (AvgIpc) is 3.12. The highest BCUT2D eigenvalue weighted by molar-refractivity contribution is 8.26. The molecule has 25 heavy (non-hydrogen) atoms. The quantitative estimate of drug-likeness (QED) is 0.402. The fourth-order valence-corrected chi connectivity index (χ4v) is 4.09. The van der Waals surface area contributed by atoms with Gasteiger partial charge < -0.3 is 18.6 Å². The molecule has 0 spiro atoms. The standard InChI is InChI=1S/C14H16N2O6S3/c17-13-11(24-14(23)16(13)5-8-25(18,19)20)9-10-1-2-12(22-10)15-3-6-21-7-4-15/h1-2,9H,3-8H2,(H,18,19,20)/p-1/b11-9+. The minimum absolute atomic E-state index is 0.222. The van der Waals surface area contributed by atoms with Crippen LogP contribution in [0.1, 0.15) is 5.76 Å². The lowest BCUT2D eigenvalue weighted by Crippen LogP contribution is -2.35. The highest BCUT2D eigenvalue weighted by atomic mass is 32.2. The second-order valence-corrected chi connectivity index (χ2v) is 8.57. The number of nitrogens with zero attached hydrogens (tertiary/aromatic N) is 2. The number of amides is 1. The van der Waals surface area contributed by atoms with Crippen LogP contribution in [0.2, 0.25) is 0 Å². The molecule has 11 heteroatoms. The first-order chi connectivity index (χ1) is 11.8. The summed E-state index contributed by atoms with van der Waals surface area (Å²) in [7, 11) is -4.41. The molecule has 2 aliphatic rings. The van der Waals surface area contributed by atoms with Gasteiger partial charge in [0.1, 0.15) is 10.1 Å². The van der Waals surface area contributed by atoms with Gasteiger partial charge in [0.25, 0.3) is 5.91 Å². The van der Waals surface area contributed by atoms with Crippen molar-refractivity contribution in [3.8, 4) is 0 Å². The first-order valence-electron chi connectivity index (χ1n) is 7.45. The van der Waals surface area contributed by atoms with Gasteiger partial charge in [-0.1, -0.05) is 24.0 Å². The molecule has 2 fully saturated rings. The van der Waals surface area contributed by atoms with Crippen LogP contribution < -0.4 is 4.90 Å². The highest BCUT2D eigenvalue weighted by Gasteiger charge is 2.32. The van der Waals surface area contributed by atoms with Crippen LogP contribution in [0.15, 0.2) is 21.5 Å². The summed E-state index contributed by atoms with van der Waals surface area (Å²) in [5.41, 5.74) is 0. The Hall–Kier alpha value is -1.40. The van der Waals surface area contributed by atoms with Crippen LogP contribution in [0.5, 0.6) is 0 Å². The second-order valence-electron chi connectivity index (χ2n) is 5.37. The molecule has 0 N–H and O–H groups in total. The first-order valence-corrected chi connectivity index (χ1v) is 10.3. The number of ether oxygens (including phenoxy) is 1. The zero-order valence-electron chi connectivity index (χ0n) is 13.0. The summed E-state index contributed by atoms with van der Waals surface area (Å²) in [4.78, 5) is 15.8. The minimum Gasteiger partial charge on any atom is -0.748 e. The smallest absolute Gasteiger partial charge is 0.266 e. The van der Waals surface area contributed by atoms with Gasteiger partial charge in [0.2, 0.25) is 0 Å². The summed E-state index contributed by atoms with van der Waals surface area (Å²) in [5, 5.41) is 0. The fraction of sp³-hybridized carbons (Fsp3) is 0.429. The van der Waals surface area contributed by atoms with Crippen molar-refractivity contribution in [3.63, 3.8) is 0 Å². The Bertz CT molecular complexity index is 810. The lowest BCUT2D eigenvalue weighted by molar-refractivity contribution is -0.121. The Labute approximate surface area is 154 Å². The van der Waals surface area contributed by atoms with Crippen LogP contribution >= 0.6 is 24.0 Å². The maximum atomic E-state index is 12.3. The van der Waals surface area contributed by atoms with Gasteiger partial charge in [-0.3, -0.25) is 9.69 Å². The fourth-order valence-electron chi connectivity index (χ4n) is 2.40. The molecule has 0 bridgehead atoms. The zero-order valence-corrected chi connectivity index (χ0v) is 15.5. The van der Waals surface area contributed by atoms with Crippen LogP contribution in [0.25, 0.3) is 6.08 Å². The van der Waals surface area contributed by atoms with Crippen LogP contribution in [0.3, 0.4) is 0 Å². The molecule has 3 heterocycles. The van der Waals surface area contributed by atoms with Crippen molar-refractivity contribution in [1.29, 1.82) is 0 Å². The Morgan fingerprint density at radius 2 is 2.04 bits per heavy atom. The lowest BCUT2D eigenvalue weighted by atomic mass is 10.3. The van der Waals surface area contributed by atoms with E-state index in [0.717, 1.165) is 29.8 Å². The van der Waals surface area contributed by atoms with E-state index in [2.05, 4.69) is 0 Å². The monoisotopic (exact) mass is 403 g/mol. The third-order valence-electron chi connectivity index (χ3n) is 3.65. The number of rotatable bonds is 5. The number of carbonyl (C=O) groups is 1. The van der Waals surface area contributed by atoms with Crippen molar-refractivity contribution >= 4 is 56.3 Å². The maximum Gasteiger partial charge on any atom is 0.266 e. The van der Waals surface area contributed by atoms with Crippen molar-refractivity contribution in [2.24, 2.45) is 0 Å². The molecule has 0 radical (unpaired) electrons. The Morgan fingerprint density at radius 1 is 1.32 bits per heavy atom. The number of carbonyl (C=O) groups excluding carboxylic acids is 1. The van der Waals surface area contributed by atoms with Gasteiger partial charge in [0.05, 0.1) is 34.0 Å². The van der Waals surface area contributed by atoms with Crippen LogP contribution in [0, 0.1) is 0 Å². The molecule has 1 amide bonds. The molecule has 1 aromatic heterocycles. The topological polar surface area (TPSA) is 103 Å². The molecule has 0 aromatic carbocycles. The van der Waals surface area contributed by atoms with Gasteiger partial charge in [-0.05, 0) is 6.07 Å². The van der Waals surface area contributed by atoms with E-state index in [1.807, 2.05) is 11.0 Å². The average molecular weight is 403 g/mol. The lowest BCUT2D eigenvalue weighted by Gasteiger charge is -2.26. The van der Waals surface area contributed by atoms with E-state index in [-0.39, 0.29) is 10.9 Å². The van der Waals surface area contributed by atoms with Crippen molar-refractivity contribution < 1.29 is 26.9 Å². The summed E-state index contributed by atoms with van der Waals surface area (Å²) in [5.74, 6) is 0.0955. The van der Waals surface area contributed by atoms with Crippen molar-refractivity contribution in [1.82, 2.24) is 4.90 Å². The predicted molar refractivity (Wildman–Crippen MR) is 96.2 cm³/mol. The van der Waals surface area contributed by atoms with Gasteiger partial charge in [-0.15, -0.1) is 0 Å². The molecule has 2 saturated heterocycles. The third-order valence-corrected chi connectivity index (χ3v) is 5.71. The van der Waals surface area contributed by atoms with Crippen molar-refractivity contribution in [3.05, 3.63) is 22.8 Å². The van der Waals surface area contributed by atoms with E-state index in [0.29, 0.717) is 29.8 Å². The van der Waals surface area contributed by atoms with Gasteiger partial charge in [0, 0.05) is 31.8 Å². The number of hydrogen-bond acceptors (Lipinski definition) is 9. The minimum atomic E-state index is -4.41. The molecule has 0 aliphatic carbocycles. The third kappa shape index (κ3) is 4.61. The summed E-state index contributed by atoms with van der Waals surface area (Å²) >= 11 is 6.13. The Balaban J connectivity index is 1.70. The molecule has 3 rings (SSSR count). The molecule has 136 valence electrons. The summed E-state index contributed by atoms with van der Waals surface area (Å²) in [6, 6.07) is 3.57. The molecule has 0 saturated carbocycles. The molecule has 2 aliphatic heterocycles. The van der Waals surface area contributed by atoms with E-state index >= 15 is 0 Å². The number of anilines is 1. The number of thioether (sulfide) groups is 1. The van der Waals surface area contributed by atoms with E-state index in [1.54, 1.807) is 12.1 Å². The molecular weight excluding hydrogens is 388 g/mol. The van der Waals surface area contributed by atoms with E-state index < -0.39 is 21.8 Å². The van der Waals surface area contributed by atoms with Crippen molar-refractivity contribution in [2.45, 2.75) is 0 Å². The molecular formula is C14H15N2O6S3-. The van der Waals surface area contributed by atoms with E-state index in [9.17, 15) is 17.8 Å². The number of thiocarbonyl (C=S) groups is 1. The normalized spacial score (nSPS) is 20.8. The van der Waals surface area contributed by atoms with Crippen molar-refractivity contribution in [2.75, 3.05) is 43.5 Å². The number of hydrogen-bond donors (Lipinski definition) is 0. The zero-order chi connectivity index (χ0) is 18.0. The number of furan rings is 1. The van der Waals surface area contributed by atoms with Crippen LogP contribution in [-0.4, -0.2) is 66.7 Å². The van der Waals surface area contributed by atoms with E-state index in [4.69, 9.17) is 21.4 Å². The summed E-state index contributed by atoms with van der Waals surface area (Å²) < 4.78 is 43.5. The number of morpholine rings is 1. The largest absolute Gasteiger partial charge is 0.748 e. The molecule has 0 unspecified atom stereocenters. The second kappa shape index (κ2) is 7.46. The Morgan fingerprint density at radius 3 is 2.72 bits per heavy atom. The predicted octanol–water partition coefficient (Wildman–Crippen LogP) is 0.863.